The van der Waals surface area contributed by atoms with Crippen LogP contribution < -0.4 is 5.73 Å². The average molecular weight is 346 g/mol. The van der Waals surface area contributed by atoms with Gasteiger partial charge in [-0.2, -0.15) is 13.2 Å². The number of halogens is 4. The topological polar surface area (TPSA) is 61.5 Å². The van der Waals surface area contributed by atoms with Crippen molar-refractivity contribution in [3.63, 3.8) is 0 Å². The molecule has 0 aliphatic heterocycles. The summed E-state index contributed by atoms with van der Waals surface area (Å²) in [5.41, 5.74) is 4.72. The number of rotatable bonds is 6. The monoisotopic (exact) mass is 345 g/mol. The van der Waals surface area contributed by atoms with Crippen molar-refractivity contribution >= 4 is 19.2 Å². The van der Waals surface area contributed by atoms with E-state index in [1.165, 1.54) is 6.07 Å². The lowest BCUT2D eigenvalue weighted by Gasteiger charge is -2.24. The summed E-state index contributed by atoms with van der Waals surface area (Å²) in [6.07, 6.45) is -4.63. The van der Waals surface area contributed by atoms with E-state index in [0.717, 1.165) is 12.1 Å². The van der Waals surface area contributed by atoms with E-state index in [2.05, 4.69) is 0 Å². The molecular weight excluding hydrogens is 330 g/mol. The molecule has 0 bridgehead atoms. The Morgan fingerprint density at radius 1 is 1.29 bits per heavy atom. The number of alkyl halides is 3. The van der Waals surface area contributed by atoms with Crippen LogP contribution in [0.5, 0.6) is 0 Å². The molecule has 2 N–H and O–H groups in total. The van der Waals surface area contributed by atoms with E-state index in [1.807, 2.05) is 0 Å². The number of nitrogens with two attached hydrogens (primary N) is 1. The summed E-state index contributed by atoms with van der Waals surface area (Å²) in [4.78, 5) is 0. The lowest BCUT2D eigenvalue weighted by Crippen LogP contribution is -2.16. The Balaban J connectivity index is 3.23. The Hall–Kier alpha value is -0.590. The molecule has 21 heavy (non-hydrogen) atoms. The van der Waals surface area contributed by atoms with Gasteiger partial charge in [0, 0.05) is 0 Å². The number of benzene rings is 1. The Morgan fingerprint density at radius 2 is 1.81 bits per heavy atom. The van der Waals surface area contributed by atoms with Crippen molar-refractivity contribution in [3.8, 4) is 0 Å². The molecule has 0 saturated carbocycles. The molecule has 0 spiro atoms. The van der Waals surface area contributed by atoms with Gasteiger partial charge in [0.05, 0.1) is 23.8 Å². The Labute approximate surface area is 125 Å². The van der Waals surface area contributed by atoms with Crippen LogP contribution in [0.4, 0.5) is 13.2 Å². The molecule has 9 heteroatoms. The lowest BCUT2D eigenvalue weighted by molar-refractivity contribution is -0.137. The smallest absolute Gasteiger partial charge is 0.314 e. The van der Waals surface area contributed by atoms with E-state index in [1.54, 1.807) is 13.8 Å². The van der Waals surface area contributed by atoms with Gasteiger partial charge in [0.15, 0.2) is 0 Å². The maximum absolute atomic E-state index is 12.8. The molecule has 0 unspecified atom stereocenters. The first-order valence-electron chi connectivity index (χ1n) is 6.16. The summed E-state index contributed by atoms with van der Waals surface area (Å²) in [6, 6.07) is 3.09. The first-order chi connectivity index (χ1) is 9.65. The second-order valence-electron chi connectivity index (χ2n) is 4.06. The molecule has 1 aromatic rings. The largest absolute Gasteiger partial charge is 0.417 e. The molecule has 0 radical (unpaired) electrons. The normalized spacial score (nSPS) is 14.2. The molecule has 4 nitrogen and oxygen atoms in total. The zero-order valence-electron chi connectivity index (χ0n) is 11.5. The SMILES string of the molecule is CCOP(=O)(OCC)[C@H](N)c1ccc(Cl)c(C(F)(F)F)c1. The van der Waals surface area contributed by atoms with E-state index in [0.29, 0.717) is 0 Å². The molecule has 1 atom stereocenters. The molecule has 0 aliphatic carbocycles. The summed E-state index contributed by atoms with van der Waals surface area (Å²) in [5, 5.41) is -0.457. The zero-order chi connectivity index (χ0) is 16.3. The van der Waals surface area contributed by atoms with Gasteiger partial charge in [-0.3, -0.25) is 4.57 Å². The Kier molecular flexibility index (Phi) is 6.25. The van der Waals surface area contributed by atoms with E-state index in [-0.39, 0.29) is 18.8 Å². The Bertz CT molecular complexity index is 529. The van der Waals surface area contributed by atoms with E-state index < -0.39 is 30.1 Å². The van der Waals surface area contributed by atoms with Gasteiger partial charge >= 0.3 is 13.8 Å². The van der Waals surface area contributed by atoms with Gasteiger partial charge in [0.25, 0.3) is 0 Å². The minimum absolute atomic E-state index is 0.0167. The molecule has 0 fully saturated rings. The van der Waals surface area contributed by atoms with Gasteiger partial charge in [0.2, 0.25) is 0 Å². The molecular formula is C12H16ClF3NO3P. The summed E-state index contributed by atoms with van der Waals surface area (Å²) >= 11 is 5.53. The number of hydrogen-bond donors (Lipinski definition) is 1. The molecule has 0 amide bonds. The number of hydrogen-bond acceptors (Lipinski definition) is 4. The Morgan fingerprint density at radius 3 is 2.24 bits per heavy atom. The van der Waals surface area contributed by atoms with Gasteiger partial charge < -0.3 is 14.8 Å². The third-order valence-corrected chi connectivity index (χ3v) is 5.14. The van der Waals surface area contributed by atoms with Crippen LogP contribution in [0.1, 0.15) is 30.8 Å². The van der Waals surface area contributed by atoms with E-state index >= 15 is 0 Å². The minimum Gasteiger partial charge on any atom is -0.314 e. The maximum Gasteiger partial charge on any atom is 0.417 e. The van der Waals surface area contributed by atoms with Crippen molar-refractivity contribution in [1.82, 2.24) is 0 Å². The quantitative estimate of drug-likeness (QED) is 0.766. The van der Waals surface area contributed by atoms with Crippen molar-refractivity contribution in [2.24, 2.45) is 5.73 Å². The predicted octanol–water partition coefficient (Wildman–Crippen LogP) is 4.58. The van der Waals surface area contributed by atoms with E-state index in [4.69, 9.17) is 26.4 Å². The zero-order valence-corrected chi connectivity index (χ0v) is 13.1. The molecule has 0 heterocycles. The minimum atomic E-state index is -4.63. The van der Waals surface area contributed by atoms with Crippen molar-refractivity contribution < 1.29 is 26.8 Å². The molecule has 1 aromatic carbocycles. The van der Waals surface area contributed by atoms with Crippen molar-refractivity contribution in [2.75, 3.05) is 13.2 Å². The first kappa shape index (κ1) is 18.5. The predicted molar refractivity (Wildman–Crippen MR) is 74.2 cm³/mol. The summed E-state index contributed by atoms with van der Waals surface area (Å²) in [6.45, 7) is 3.29. The summed E-state index contributed by atoms with van der Waals surface area (Å²) < 4.78 is 61.0. The van der Waals surface area contributed by atoms with Crippen LogP contribution in [0.25, 0.3) is 0 Å². The van der Waals surface area contributed by atoms with Crippen LogP contribution in [-0.2, 0) is 19.8 Å². The molecule has 0 saturated heterocycles. The van der Waals surface area contributed by atoms with Crippen LogP contribution in [0.3, 0.4) is 0 Å². The van der Waals surface area contributed by atoms with E-state index in [9.17, 15) is 17.7 Å². The third kappa shape index (κ3) is 4.44. The van der Waals surface area contributed by atoms with Gasteiger partial charge in [0.1, 0.15) is 5.78 Å². The molecule has 120 valence electrons. The average Bonchev–Trinajstić information content (AvgIpc) is 2.37. The van der Waals surface area contributed by atoms with Crippen LogP contribution in [0.15, 0.2) is 18.2 Å². The second-order valence-corrected chi connectivity index (χ2v) is 6.62. The lowest BCUT2D eigenvalue weighted by atomic mass is 10.1. The fourth-order valence-corrected chi connectivity index (χ4v) is 3.55. The molecule has 0 aromatic heterocycles. The first-order valence-corrected chi connectivity index (χ1v) is 8.15. The van der Waals surface area contributed by atoms with Crippen LogP contribution >= 0.6 is 19.2 Å². The maximum atomic E-state index is 12.8. The molecule has 0 aliphatic rings. The van der Waals surface area contributed by atoms with Gasteiger partial charge in [-0.1, -0.05) is 17.7 Å². The highest BCUT2D eigenvalue weighted by Crippen LogP contribution is 2.58. The highest BCUT2D eigenvalue weighted by atomic mass is 35.5. The standard InChI is InChI=1S/C12H16ClF3NO3P/c1-3-19-21(18,20-4-2)11(17)8-5-6-10(13)9(7-8)12(14,15)16/h5-7,11H,3-4,17H2,1-2H3/t11-/m0/s1. The van der Waals surface area contributed by atoms with Crippen molar-refractivity contribution in [3.05, 3.63) is 34.3 Å². The molecule has 1 rings (SSSR count). The fourth-order valence-electron chi connectivity index (χ4n) is 1.68. The third-order valence-electron chi connectivity index (χ3n) is 2.60. The summed E-state index contributed by atoms with van der Waals surface area (Å²) in [5.74, 6) is -1.32. The summed E-state index contributed by atoms with van der Waals surface area (Å²) in [7, 11) is -3.75. The van der Waals surface area contributed by atoms with Gasteiger partial charge in [-0.05, 0) is 31.5 Å². The second kappa shape index (κ2) is 7.11. The highest BCUT2D eigenvalue weighted by molar-refractivity contribution is 7.54. The fraction of sp³-hybridized carbons (Fsp3) is 0.500. The van der Waals surface area contributed by atoms with Gasteiger partial charge in [-0.25, -0.2) is 0 Å². The van der Waals surface area contributed by atoms with Crippen molar-refractivity contribution in [2.45, 2.75) is 25.8 Å². The van der Waals surface area contributed by atoms with Crippen LogP contribution in [-0.4, -0.2) is 13.2 Å². The van der Waals surface area contributed by atoms with Crippen molar-refractivity contribution in [1.29, 1.82) is 0 Å². The van der Waals surface area contributed by atoms with Gasteiger partial charge in [-0.15, -0.1) is 0 Å². The van der Waals surface area contributed by atoms with Crippen LogP contribution in [0, 0.1) is 0 Å². The van der Waals surface area contributed by atoms with Crippen LogP contribution in [0.2, 0.25) is 5.02 Å². The highest BCUT2D eigenvalue weighted by Gasteiger charge is 2.37.